The minimum atomic E-state index is -0.124. The Morgan fingerprint density at radius 1 is 0.964 bits per heavy atom. The number of hydrogen-bond acceptors (Lipinski definition) is 6. The molecule has 1 amide bonds. The summed E-state index contributed by atoms with van der Waals surface area (Å²) in [4.78, 5) is 21.4. The van der Waals surface area contributed by atoms with E-state index in [1.807, 2.05) is 65.4 Å². The third kappa shape index (κ3) is 4.27. The molecule has 28 heavy (non-hydrogen) atoms. The first kappa shape index (κ1) is 18.3. The molecule has 0 saturated carbocycles. The second kappa shape index (κ2) is 8.33. The number of carbonyl (C=O) groups excluding carboxylic acids is 1. The molecule has 0 unspecified atom stereocenters. The van der Waals surface area contributed by atoms with Gasteiger partial charge >= 0.3 is 0 Å². The lowest BCUT2D eigenvalue weighted by Crippen LogP contribution is -2.14. The molecule has 0 saturated heterocycles. The van der Waals surface area contributed by atoms with Crippen LogP contribution in [0.5, 0.6) is 5.75 Å². The first-order valence-corrected chi connectivity index (χ1v) is 10.4. The minimum absolute atomic E-state index is 0.124. The highest BCUT2D eigenvalue weighted by Gasteiger charge is 2.12. The lowest BCUT2D eigenvalue weighted by Gasteiger charge is -2.01. The van der Waals surface area contributed by atoms with Crippen LogP contribution in [0.4, 0.5) is 5.13 Å². The molecule has 2 heterocycles. The van der Waals surface area contributed by atoms with Crippen LogP contribution in [0.3, 0.4) is 0 Å². The number of nitrogens with zero attached hydrogens (tertiary/aromatic N) is 2. The van der Waals surface area contributed by atoms with Crippen LogP contribution in [0.2, 0.25) is 0 Å². The van der Waals surface area contributed by atoms with Crippen LogP contribution in [0.15, 0.2) is 65.4 Å². The SMILES string of the molecule is COc1ccc(-c2nc(CC(=O)Nc3nc(-c4ccccc4)cs3)cs2)cc1. The predicted octanol–water partition coefficient (Wildman–Crippen LogP) is 5.12. The lowest BCUT2D eigenvalue weighted by atomic mass is 10.2. The van der Waals surface area contributed by atoms with Gasteiger partial charge in [-0.1, -0.05) is 30.3 Å². The van der Waals surface area contributed by atoms with Crippen molar-refractivity contribution in [3.05, 3.63) is 71.1 Å². The highest BCUT2D eigenvalue weighted by molar-refractivity contribution is 7.14. The van der Waals surface area contributed by atoms with Crippen molar-refractivity contribution in [3.8, 4) is 27.6 Å². The number of carbonyl (C=O) groups is 1. The van der Waals surface area contributed by atoms with Crippen LogP contribution < -0.4 is 10.1 Å². The molecule has 0 spiro atoms. The number of nitrogens with one attached hydrogen (secondary N) is 1. The van der Waals surface area contributed by atoms with Gasteiger partial charge in [0.15, 0.2) is 5.13 Å². The lowest BCUT2D eigenvalue weighted by molar-refractivity contribution is -0.115. The number of methoxy groups -OCH3 is 1. The van der Waals surface area contributed by atoms with Crippen molar-refractivity contribution in [2.75, 3.05) is 12.4 Å². The molecule has 0 radical (unpaired) electrons. The number of amides is 1. The van der Waals surface area contributed by atoms with Crippen molar-refractivity contribution in [3.63, 3.8) is 0 Å². The van der Waals surface area contributed by atoms with Gasteiger partial charge in [0, 0.05) is 21.9 Å². The summed E-state index contributed by atoms with van der Waals surface area (Å²) < 4.78 is 5.17. The van der Waals surface area contributed by atoms with Crippen LogP contribution in [-0.4, -0.2) is 23.0 Å². The van der Waals surface area contributed by atoms with E-state index in [0.29, 0.717) is 5.13 Å². The molecule has 1 N–H and O–H groups in total. The van der Waals surface area contributed by atoms with Gasteiger partial charge in [-0.05, 0) is 24.3 Å². The second-order valence-electron chi connectivity index (χ2n) is 6.00. The fraction of sp³-hybridized carbons (Fsp3) is 0.0952. The summed E-state index contributed by atoms with van der Waals surface area (Å²) in [5.74, 6) is 0.679. The summed E-state index contributed by atoms with van der Waals surface area (Å²) in [6.07, 6.45) is 0.215. The van der Waals surface area contributed by atoms with E-state index in [4.69, 9.17) is 4.74 Å². The molecule has 0 aliphatic carbocycles. The Hall–Kier alpha value is -3.03. The zero-order valence-corrected chi connectivity index (χ0v) is 16.7. The van der Waals surface area contributed by atoms with E-state index in [2.05, 4.69) is 15.3 Å². The average Bonchev–Trinajstić information content (AvgIpc) is 3.38. The standard InChI is InChI=1S/C21H17N3O2S2/c1-26-17-9-7-15(8-10-17)20-22-16(12-27-20)11-19(25)24-21-23-18(13-28-21)14-5-3-2-4-6-14/h2-10,12-13H,11H2,1H3,(H,23,24,25). The van der Waals surface area contributed by atoms with Crippen molar-refractivity contribution in [1.82, 2.24) is 9.97 Å². The molecule has 7 heteroatoms. The van der Waals surface area contributed by atoms with Gasteiger partial charge in [-0.25, -0.2) is 9.97 Å². The Morgan fingerprint density at radius 2 is 1.75 bits per heavy atom. The maximum absolute atomic E-state index is 12.4. The molecule has 0 fully saturated rings. The highest BCUT2D eigenvalue weighted by atomic mass is 32.1. The maximum atomic E-state index is 12.4. The zero-order valence-electron chi connectivity index (χ0n) is 15.1. The van der Waals surface area contributed by atoms with Crippen LogP contribution in [0.1, 0.15) is 5.69 Å². The van der Waals surface area contributed by atoms with Crippen molar-refractivity contribution < 1.29 is 9.53 Å². The molecule has 140 valence electrons. The largest absolute Gasteiger partial charge is 0.497 e. The van der Waals surface area contributed by atoms with Gasteiger partial charge in [0.2, 0.25) is 5.91 Å². The Kier molecular flexibility index (Phi) is 5.45. The fourth-order valence-corrected chi connectivity index (χ4v) is 4.22. The molecule has 4 rings (SSSR count). The van der Waals surface area contributed by atoms with Gasteiger partial charge in [0.25, 0.3) is 0 Å². The monoisotopic (exact) mass is 407 g/mol. The summed E-state index contributed by atoms with van der Waals surface area (Å²) in [6.45, 7) is 0. The molecule has 0 aliphatic rings. The molecule has 0 atom stereocenters. The predicted molar refractivity (Wildman–Crippen MR) is 114 cm³/mol. The molecule has 2 aromatic carbocycles. The highest BCUT2D eigenvalue weighted by Crippen LogP contribution is 2.27. The number of aromatic nitrogens is 2. The Bertz CT molecular complexity index is 1070. The summed E-state index contributed by atoms with van der Waals surface area (Å²) in [5, 5.41) is 8.19. The smallest absolute Gasteiger partial charge is 0.232 e. The van der Waals surface area contributed by atoms with Crippen molar-refractivity contribution >= 4 is 33.7 Å². The Balaban J connectivity index is 1.39. The maximum Gasteiger partial charge on any atom is 0.232 e. The van der Waals surface area contributed by atoms with Gasteiger partial charge in [-0.2, -0.15) is 0 Å². The van der Waals surface area contributed by atoms with Crippen LogP contribution in [-0.2, 0) is 11.2 Å². The van der Waals surface area contributed by atoms with Gasteiger partial charge in [0.1, 0.15) is 10.8 Å². The first-order chi connectivity index (χ1) is 13.7. The second-order valence-corrected chi connectivity index (χ2v) is 7.72. The summed E-state index contributed by atoms with van der Waals surface area (Å²) >= 11 is 2.94. The molecule has 2 aromatic heterocycles. The first-order valence-electron chi connectivity index (χ1n) is 8.61. The number of hydrogen-bond donors (Lipinski definition) is 1. The Morgan fingerprint density at radius 3 is 2.50 bits per heavy atom. The summed E-state index contributed by atoms with van der Waals surface area (Å²) in [5.41, 5.74) is 3.64. The van der Waals surface area contributed by atoms with Gasteiger partial charge in [-0.3, -0.25) is 4.79 Å². The van der Waals surface area contributed by atoms with Crippen molar-refractivity contribution in [2.24, 2.45) is 0 Å². The Labute approximate surface area is 170 Å². The van der Waals surface area contributed by atoms with E-state index >= 15 is 0 Å². The van der Waals surface area contributed by atoms with Gasteiger partial charge in [0.05, 0.1) is 24.9 Å². The normalized spacial score (nSPS) is 10.6. The molecule has 4 aromatic rings. The number of ether oxygens (including phenoxy) is 1. The zero-order chi connectivity index (χ0) is 19.3. The van der Waals surface area contributed by atoms with Crippen LogP contribution in [0.25, 0.3) is 21.8 Å². The number of anilines is 1. The number of thiazole rings is 2. The van der Waals surface area contributed by atoms with Gasteiger partial charge < -0.3 is 10.1 Å². The topological polar surface area (TPSA) is 64.1 Å². The van der Waals surface area contributed by atoms with Crippen LogP contribution >= 0.6 is 22.7 Å². The van der Waals surface area contributed by atoms with Crippen molar-refractivity contribution in [2.45, 2.75) is 6.42 Å². The molecule has 0 aliphatic heterocycles. The van der Waals surface area contributed by atoms with E-state index in [0.717, 1.165) is 33.3 Å². The third-order valence-corrected chi connectivity index (χ3v) is 5.75. The quantitative estimate of drug-likeness (QED) is 0.482. The van der Waals surface area contributed by atoms with E-state index in [1.54, 1.807) is 7.11 Å². The fourth-order valence-electron chi connectivity index (χ4n) is 2.65. The molecular weight excluding hydrogens is 390 g/mol. The number of rotatable bonds is 6. The van der Waals surface area contributed by atoms with Gasteiger partial charge in [-0.15, -0.1) is 22.7 Å². The van der Waals surface area contributed by atoms with Crippen LogP contribution in [0, 0.1) is 0 Å². The molecule has 5 nitrogen and oxygen atoms in total. The van der Waals surface area contributed by atoms with Crippen molar-refractivity contribution in [1.29, 1.82) is 0 Å². The van der Waals surface area contributed by atoms with E-state index < -0.39 is 0 Å². The average molecular weight is 408 g/mol. The molecule has 0 bridgehead atoms. The third-order valence-electron chi connectivity index (χ3n) is 4.05. The number of benzene rings is 2. The summed E-state index contributed by atoms with van der Waals surface area (Å²) in [6, 6.07) is 17.6. The summed E-state index contributed by atoms with van der Waals surface area (Å²) in [7, 11) is 1.64. The van der Waals surface area contributed by atoms with E-state index in [1.165, 1.54) is 22.7 Å². The molecular formula is C21H17N3O2S2. The van der Waals surface area contributed by atoms with E-state index in [-0.39, 0.29) is 12.3 Å². The van der Waals surface area contributed by atoms with E-state index in [9.17, 15) is 4.79 Å². The minimum Gasteiger partial charge on any atom is -0.497 e.